The topological polar surface area (TPSA) is 33.5 Å². The molecule has 0 aromatic heterocycles. The number of anilines is 1. The third-order valence-electron chi connectivity index (χ3n) is 2.62. The van der Waals surface area contributed by atoms with Crippen LogP contribution in [0.1, 0.15) is 15.9 Å². The number of aryl methyl sites for hydroxylation is 1. The molecule has 88 valence electrons. The zero-order valence-corrected chi connectivity index (χ0v) is 9.97. The first kappa shape index (κ1) is 11.9. The van der Waals surface area contributed by atoms with Crippen LogP contribution in [0.4, 0.5) is 11.4 Å². The zero-order chi connectivity index (χ0) is 13.0. The molecular formula is C15H12N2O. The largest absolute Gasteiger partial charge is 0.323 e. The number of carbonyl (C=O) groups is 1. The van der Waals surface area contributed by atoms with Gasteiger partial charge in [-0.15, -0.1) is 0 Å². The molecule has 3 heteroatoms. The predicted molar refractivity (Wildman–Crippen MR) is 71.8 cm³/mol. The number of amides is 1. The van der Waals surface area contributed by atoms with Gasteiger partial charge in [0.15, 0.2) is 5.69 Å². The highest BCUT2D eigenvalue weighted by atomic mass is 16.1. The molecule has 1 amide bonds. The van der Waals surface area contributed by atoms with E-state index in [0.29, 0.717) is 16.9 Å². The summed E-state index contributed by atoms with van der Waals surface area (Å²) in [4.78, 5) is 15.4. The number of hydrogen-bond acceptors (Lipinski definition) is 1. The Hall–Kier alpha value is -2.60. The van der Waals surface area contributed by atoms with E-state index in [1.807, 2.05) is 25.1 Å². The number of nitrogens with one attached hydrogen (secondary N) is 1. The van der Waals surface area contributed by atoms with Gasteiger partial charge in [0.1, 0.15) is 0 Å². The van der Waals surface area contributed by atoms with Crippen molar-refractivity contribution in [2.75, 3.05) is 5.32 Å². The van der Waals surface area contributed by atoms with E-state index in [0.717, 1.165) is 5.56 Å². The number of rotatable bonds is 2. The van der Waals surface area contributed by atoms with Crippen LogP contribution in [0.3, 0.4) is 0 Å². The molecule has 3 nitrogen and oxygen atoms in total. The molecule has 0 saturated heterocycles. The van der Waals surface area contributed by atoms with Crippen molar-refractivity contribution in [3.05, 3.63) is 71.1 Å². The molecule has 0 spiro atoms. The van der Waals surface area contributed by atoms with E-state index in [-0.39, 0.29) is 5.91 Å². The fourth-order valence-corrected chi connectivity index (χ4v) is 1.68. The number of benzene rings is 2. The maximum Gasteiger partial charge on any atom is 0.255 e. The van der Waals surface area contributed by atoms with Crippen LogP contribution in [-0.2, 0) is 0 Å². The van der Waals surface area contributed by atoms with Crippen molar-refractivity contribution in [1.82, 2.24) is 0 Å². The van der Waals surface area contributed by atoms with E-state index in [4.69, 9.17) is 6.57 Å². The minimum Gasteiger partial charge on any atom is -0.323 e. The molecular weight excluding hydrogens is 224 g/mol. The Morgan fingerprint density at radius 1 is 1.17 bits per heavy atom. The Kier molecular flexibility index (Phi) is 3.40. The van der Waals surface area contributed by atoms with Crippen molar-refractivity contribution >= 4 is 17.3 Å². The zero-order valence-electron chi connectivity index (χ0n) is 9.97. The number of nitrogens with zero attached hydrogens (tertiary/aromatic N) is 1. The Labute approximate surface area is 106 Å². The highest BCUT2D eigenvalue weighted by Crippen LogP contribution is 2.18. The molecule has 18 heavy (non-hydrogen) atoms. The van der Waals surface area contributed by atoms with E-state index in [2.05, 4.69) is 10.2 Å². The highest BCUT2D eigenvalue weighted by Gasteiger charge is 2.08. The standard InChI is InChI=1S/C15H12N2O/c1-11-6-3-4-9-14(11)15(18)17-13-8-5-7-12(10-13)16-2/h3-10H,1H3,(H,17,18). The van der Waals surface area contributed by atoms with Gasteiger partial charge in [0.25, 0.3) is 5.91 Å². The first-order chi connectivity index (χ1) is 8.70. The van der Waals surface area contributed by atoms with Gasteiger partial charge >= 0.3 is 0 Å². The van der Waals surface area contributed by atoms with Gasteiger partial charge < -0.3 is 5.32 Å². The lowest BCUT2D eigenvalue weighted by atomic mass is 10.1. The van der Waals surface area contributed by atoms with Crippen LogP contribution >= 0.6 is 0 Å². The normalized spacial score (nSPS) is 9.56. The molecule has 1 N–H and O–H groups in total. The second-order valence-corrected chi connectivity index (χ2v) is 3.93. The highest BCUT2D eigenvalue weighted by molar-refractivity contribution is 6.05. The quantitative estimate of drug-likeness (QED) is 0.790. The third-order valence-corrected chi connectivity index (χ3v) is 2.62. The average molecular weight is 236 g/mol. The van der Waals surface area contributed by atoms with Crippen LogP contribution in [-0.4, -0.2) is 5.91 Å². The maximum atomic E-state index is 12.0. The number of hydrogen-bond donors (Lipinski definition) is 1. The summed E-state index contributed by atoms with van der Waals surface area (Å²) in [6.45, 7) is 8.83. The van der Waals surface area contributed by atoms with Crippen LogP contribution in [0, 0.1) is 13.5 Å². The van der Waals surface area contributed by atoms with Crippen molar-refractivity contribution in [2.24, 2.45) is 0 Å². The van der Waals surface area contributed by atoms with Crippen molar-refractivity contribution in [3.63, 3.8) is 0 Å². The lowest BCUT2D eigenvalue weighted by Crippen LogP contribution is -2.13. The second-order valence-electron chi connectivity index (χ2n) is 3.93. The molecule has 0 aliphatic carbocycles. The van der Waals surface area contributed by atoms with Crippen LogP contribution in [0.2, 0.25) is 0 Å². The second kappa shape index (κ2) is 5.15. The molecule has 0 unspecified atom stereocenters. The van der Waals surface area contributed by atoms with Gasteiger partial charge in [-0.3, -0.25) is 4.79 Å². The summed E-state index contributed by atoms with van der Waals surface area (Å²) in [6, 6.07) is 14.3. The maximum absolute atomic E-state index is 12.0. The van der Waals surface area contributed by atoms with E-state index >= 15 is 0 Å². The molecule has 0 heterocycles. The summed E-state index contributed by atoms with van der Waals surface area (Å²) >= 11 is 0. The summed E-state index contributed by atoms with van der Waals surface area (Å²) in [5.41, 5.74) is 2.72. The molecule has 2 aromatic rings. The Morgan fingerprint density at radius 2 is 1.94 bits per heavy atom. The summed E-state index contributed by atoms with van der Waals surface area (Å²) < 4.78 is 0. The van der Waals surface area contributed by atoms with Crippen molar-refractivity contribution in [2.45, 2.75) is 6.92 Å². The van der Waals surface area contributed by atoms with Gasteiger partial charge in [-0.05, 0) is 30.7 Å². The van der Waals surface area contributed by atoms with Crippen molar-refractivity contribution < 1.29 is 4.79 Å². The first-order valence-electron chi connectivity index (χ1n) is 5.55. The van der Waals surface area contributed by atoms with Gasteiger partial charge in [-0.25, -0.2) is 4.85 Å². The van der Waals surface area contributed by atoms with E-state index < -0.39 is 0 Å². The van der Waals surface area contributed by atoms with Crippen LogP contribution in [0.5, 0.6) is 0 Å². The average Bonchev–Trinajstić information content (AvgIpc) is 2.39. The minimum absolute atomic E-state index is 0.157. The van der Waals surface area contributed by atoms with Gasteiger partial charge in [0, 0.05) is 11.3 Å². The Bertz CT molecular complexity index is 626. The molecule has 0 radical (unpaired) electrons. The van der Waals surface area contributed by atoms with Crippen LogP contribution in [0.15, 0.2) is 48.5 Å². The van der Waals surface area contributed by atoms with Crippen molar-refractivity contribution in [1.29, 1.82) is 0 Å². The molecule has 0 bridgehead atoms. The third kappa shape index (κ3) is 2.55. The minimum atomic E-state index is -0.157. The molecule has 2 aromatic carbocycles. The lowest BCUT2D eigenvalue weighted by molar-refractivity contribution is 0.102. The summed E-state index contributed by atoms with van der Waals surface area (Å²) in [7, 11) is 0. The molecule has 0 fully saturated rings. The fourth-order valence-electron chi connectivity index (χ4n) is 1.68. The van der Waals surface area contributed by atoms with E-state index in [1.165, 1.54) is 0 Å². The molecule has 0 aliphatic heterocycles. The lowest BCUT2D eigenvalue weighted by Gasteiger charge is -2.07. The van der Waals surface area contributed by atoms with Gasteiger partial charge in [-0.2, -0.15) is 0 Å². The molecule has 0 atom stereocenters. The van der Waals surface area contributed by atoms with E-state index in [1.54, 1.807) is 30.3 Å². The molecule has 0 aliphatic rings. The predicted octanol–water partition coefficient (Wildman–Crippen LogP) is 3.80. The van der Waals surface area contributed by atoms with E-state index in [9.17, 15) is 4.79 Å². The van der Waals surface area contributed by atoms with Crippen LogP contribution < -0.4 is 5.32 Å². The number of carbonyl (C=O) groups excluding carboxylic acids is 1. The smallest absolute Gasteiger partial charge is 0.255 e. The first-order valence-corrected chi connectivity index (χ1v) is 5.55. The van der Waals surface area contributed by atoms with Crippen molar-refractivity contribution in [3.8, 4) is 0 Å². The van der Waals surface area contributed by atoms with Gasteiger partial charge in [-0.1, -0.05) is 30.3 Å². The van der Waals surface area contributed by atoms with Crippen LogP contribution in [0.25, 0.3) is 4.85 Å². The van der Waals surface area contributed by atoms with Gasteiger partial charge in [0.2, 0.25) is 0 Å². The fraction of sp³-hybridized carbons (Fsp3) is 0.0667. The molecule has 0 saturated carbocycles. The monoisotopic (exact) mass is 236 g/mol. The Morgan fingerprint density at radius 3 is 2.67 bits per heavy atom. The SMILES string of the molecule is [C-]#[N+]c1cccc(NC(=O)c2ccccc2C)c1. The summed E-state index contributed by atoms with van der Waals surface area (Å²) in [5, 5.41) is 2.79. The summed E-state index contributed by atoms with van der Waals surface area (Å²) in [6.07, 6.45) is 0. The van der Waals surface area contributed by atoms with Gasteiger partial charge in [0.05, 0.1) is 6.57 Å². The molecule has 2 rings (SSSR count). The summed E-state index contributed by atoms with van der Waals surface area (Å²) in [5.74, 6) is -0.157. The Balaban J connectivity index is 2.22.